The van der Waals surface area contributed by atoms with Gasteiger partial charge >= 0.3 is 0 Å². The Labute approximate surface area is 650 Å². The molecule has 0 aromatic heterocycles. The number of phenolic OH excluding ortho intramolecular Hbond substituents is 3. The summed E-state index contributed by atoms with van der Waals surface area (Å²) >= 11 is 14.3. The molecule has 5 amide bonds. The van der Waals surface area contributed by atoms with Crippen LogP contribution in [0.4, 0.5) is 0 Å². The molecule has 7 heterocycles. The Kier molecular flexibility index (Phi) is 28.4. The van der Waals surface area contributed by atoms with E-state index in [4.69, 9.17) is 62.1 Å². The Morgan fingerprint density at radius 3 is 1.97 bits per heavy atom. The molecule has 0 spiro atoms. The molecular weight excluding hydrogens is 1490 g/mol. The number of ether oxygens (including phenoxy) is 7. The summed E-state index contributed by atoms with van der Waals surface area (Å²) in [7, 11) is 0. The summed E-state index contributed by atoms with van der Waals surface area (Å²) in [6, 6.07) is 8.68. The summed E-state index contributed by atoms with van der Waals surface area (Å²) in [6.07, 6.45) is -12.6. The van der Waals surface area contributed by atoms with Crippen molar-refractivity contribution in [2.75, 3.05) is 13.2 Å². The molecular formula is C79H98Cl2N6O24. The summed E-state index contributed by atoms with van der Waals surface area (Å²) in [4.78, 5) is 117. The van der Waals surface area contributed by atoms with Crippen LogP contribution in [0.2, 0.25) is 10.0 Å². The average Bonchev–Trinajstić information content (AvgIpc) is 0.766. The normalized spacial score (nSPS) is 28.0. The number of primary amides is 1. The number of carbonyl (C=O) groups is 8. The highest BCUT2D eigenvalue weighted by Gasteiger charge is 2.52. The Bertz CT molecular complexity index is 4230. The van der Waals surface area contributed by atoms with Crippen LogP contribution in [0.1, 0.15) is 190 Å². The fourth-order valence-electron chi connectivity index (χ4n) is 14.9. The Morgan fingerprint density at radius 2 is 1.36 bits per heavy atom. The summed E-state index contributed by atoms with van der Waals surface area (Å²) in [5.41, 5.74) is 2.89. The van der Waals surface area contributed by atoms with Gasteiger partial charge < -0.3 is 111 Å². The molecule has 2 saturated heterocycles. The zero-order chi connectivity index (χ0) is 80.4. The first-order chi connectivity index (χ1) is 52.8. The van der Waals surface area contributed by atoms with Crippen LogP contribution in [-0.4, -0.2) is 174 Å². The molecule has 3 unspecified atom stereocenters. The number of nitrogens with two attached hydrogens (primary N) is 1. The number of phenols is 3. The molecule has 11 bridgehead atoms. The smallest absolute Gasteiger partial charge is 0.295 e. The predicted molar refractivity (Wildman–Crippen MR) is 399 cm³/mol. The maximum absolute atomic E-state index is 16.3. The first-order valence-corrected chi connectivity index (χ1v) is 38.2. The molecule has 30 nitrogen and oxygen atoms in total. The third-order valence-corrected chi connectivity index (χ3v) is 21.6. The second-order valence-corrected chi connectivity index (χ2v) is 30.5. The lowest BCUT2D eigenvalue weighted by atomic mass is 9.84. The van der Waals surface area contributed by atoms with Crippen LogP contribution in [0.5, 0.6) is 46.0 Å². The number of hydrogen-bond acceptors (Lipinski definition) is 25. The number of hydrogen-bond donors (Lipinski definition) is 15. The molecule has 32 heteroatoms. The molecule has 0 saturated carbocycles. The number of aliphatic hydroxyl groups excluding tert-OH is 6. The standard InChI is InChI=1S/C79H98Cl2N6O24/c1-7-9-10-11-12-13-14-15-22-83-79(6)34-61(106-38(5)72(79)100)110-71-69(99)68(98)59(35-88)109-78(71)111-70-57-28-43-29-58(70)108-56-21-18-42(26-50(56)81)67(97)65-76(104)87-77(105-36-89)48-31-45(90)32-52(92)62(48)47-24-40(16-19-51(47)91)46(75(103)86-65)33-54(94)63(43)84-74(102)44(30-60(82)95)27-53(93)64(85-73(101)39(8-2)23-37(3)4)66(96)41-17-20-55(107-57)49(80)25-41/h16-21,24-26,28-29,31-32,36-39,44,46,59,61,63-69,71-72,77-78,83,88,90-92,96-100H,7-15,22-23,27,30,33-35H2,1-6H3,(H2,82,95)(H,84,102)(H,85,101)(H,86,103)(H,87,104)/t38-,39+,44-,46-,59+,61-,63+,64-,65-,66+,67+,68?,69?,71+,72+,77+,78-,79?/m0/s1. The van der Waals surface area contributed by atoms with Gasteiger partial charge in [0.05, 0.1) is 40.7 Å². The highest BCUT2D eigenvalue weighted by Crippen LogP contribution is 2.51. The number of nitrogens with one attached hydrogen (secondary N) is 5. The van der Waals surface area contributed by atoms with E-state index in [9.17, 15) is 65.1 Å². The fourth-order valence-corrected chi connectivity index (χ4v) is 15.4. The molecule has 18 atom stereocenters. The lowest BCUT2D eigenvalue weighted by Crippen LogP contribution is -2.65. The number of aromatic hydroxyl groups is 3. The maximum Gasteiger partial charge on any atom is 0.295 e. The molecule has 2 fully saturated rings. The van der Waals surface area contributed by atoms with Crippen LogP contribution in [0.25, 0.3) is 11.1 Å². The van der Waals surface area contributed by atoms with Gasteiger partial charge in [0.15, 0.2) is 35.5 Å². The van der Waals surface area contributed by atoms with Gasteiger partial charge in [0.1, 0.15) is 77.4 Å². The van der Waals surface area contributed by atoms with Gasteiger partial charge in [-0.15, -0.1) is 0 Å². The minimum absolute atomic E-state index is 0.00932. The van der Waals surface area contributed by atoms with Gasteiger partial charge in [0.25, 0.3) is 6.47 Å². The van der Waals surface area contributed by atoms with E-state index in [1.807, 2.05) is 13.8 Å². The van der Waals surface area contributed by atoms with Crippen molar-refractivity contribution in [2.45, 2.75) is 229 Å². The zero-order valence-corrected chi connectivity index (χ0v) is 63.8. The van der Waals surface area contributed by atoms with E-state index in [2.05, 4.69) is 33.5 Å². The second kappa shape index (κ2) is 37.3. The number of rotatable bonds is 24. The number of amides is 5. The van der Waals surface area contributed by atoms with Crippen molar-refractivity contribution in [3.63, 3.8) is 0 Å². The van der Waals surface area contributed by atoms with Crippen LogP contribution >= 0.6 is 23.2 Å². The first kappa shape index (κ1) is 84.7. The molecule has 602 valence electrons. The van der Waals surface area contributed by atoms with Gasteiger partial charge in [-0.3, -0.25) is 38.4 Å². The first-order valence-electron chi connectivity index (χ1n) is 37.4. The van der Waals surface area contributed by atoms with E-state index < -0.39 is 211 Å². The fraction of sp³-hybridized carbons (Fsp3) is 0.519. The second-order valence-electron chi connectivity index (χ2n) is 29.7. The van der Waals surface area contributed by atoms with E-state index in [0.29, 0.717) is 19.4 Å². The highest BCUT2D eigenvalue weighted by molar-refractivity contribution is 6.32. The van der Waals surface area contributed by atoms with Crippen LogP contribution in [0.15, 0.2) is 78.9 Å². The number of Topliss-reactive ketones (excluding diaryl/α,β-unsaturated/α-hetero) is 2. The van der Waals surface area contributed by atoms with Crippen molar-refractivity contribution in [2.24, 2.45) is 23.5 Å². The molecule has 7 aliphatic rings. The SMILES string of the molecule is CCCCCCCCCCNC1(C)C[C@H](O[C@@H]2C(O)C(O)[C@@H](CO)O[C@H]2Oc2c3cc4cc2Oc2ccc(cc2Cl)[C@@H](O)[C@@H](NC(=O)[C@H](CC)CC(C)C)C(=O)C[C@@H](CC(N)=O)C(=O)N[C@H]4C(=O)C[C@@H]2C(=O)N[C@H](C(=O)N[C@H](OC=O)c4cc(O)cc(O)c4-c4cc2ccc4O)[C@H](O)c2ccc(c(Cl)c2)O3)O[C@@H](C)[C@H]1O. The molecule has 5 aromatic carbocycles. The Hall–Kier alpha value is -8.76. The number of aliphatic hydroxyl groups is 6. The summed E-state index contributed by atoms with van der Waals surface area (Å²) < 4.78 is 44.9. The van der Waals surface area contributed by atoms with Crippen molar-refractivity contribution in [1.82, 2.24) is 26.6 Å². The number of fused-ring (bicyclic) bond motifs is 15. The Balaban J connectivity index is 1.18. The van der Waals surface area contributed by atoms with Gasteiger partial charge in [0, 0.05) is 59.9 Å². The molecule has 7 aliphatic heterocycles. The molecule has 12 rings (SSSR count). The third-order valence-electron chi connectivity index (χ3n) is 21.0. The van der Waals surface area contributed by atoms with Crippen molar-refractivity contribution in [3.05, 3.63) is 117 Å². The molecule has 5 aromatic rings. The van der Waals surface area contributed by atoms with Crippen molar-refractivity contribution in [1.29, 1.82) is 0 Å². The van der Waals surface area contributed by atoms with Crippen molar-refractivity contribution < 1.29 is 117 Å². The topological polar surface area (TPSA) is 469 Å². The van der Waals surface area contributed by atoms with Gasteiger partial charge in [-0.05, 0) is 122 Å². The van der Waals surface area contributed by atoms with Crippen molar-refractivity contribution >= 4 is 70.8 Å². The van der Waals surface area contributed by atoms with Crippen LogP contribution in [0.3, 0.4) is 0 Å². The number of unbranched alkanes of at least 4 members (excludes halogenated alkanes) is 7. The van der Waals surface area contributed by atoms with Gasteiger partial charge in [0.2, 0.25) is 47.8 Å². The van der Waals surface area contributed by atoms with E-state index in [1.54, 1.807) is 20.8 Å². The molecule has 0 aliphatic carbocycles. The van der Waals surface area contributed by atoms with Crippen LogP contribution in [-0.2, 0) is 57.3 Å². The predicted octanol–water partition coefficient (Wildman–Crippen LogP) is 7.34. The Morgan fingerprint density at radius 1 is 0.721 bits per heavy atom. The van der Waals surface area contributed by atoms with Gasteiger partial charge in [-0.2, -0.15) is 0 Å². The summed E-state index contributed by atoms with van der Waals surface area (Å²) in [5, 5.41) is 119. The highest BCUT2D eigenvalue weighted by atomic mass is 35.5. The number of halogens is 2. The van der Waals surface area contributed by atoms with Crippen molar-refractivity contribution in [3.8, 4) is 57.1 Å². The summed E-state index contributed by atoms with van der Waals surface area (Å²) in [5.74, 6) is -16.4. The quantitative estimate of drug-likeness (QED) is 0.0212. The number of carbonyl (C=O) groups excluding carboxylic acids is 8. The third kappa shape index (κ3) is 19.8. The number of ketones is 2. The van der Waals surface area contributed by atoms with Crippen LogP contribution < -0.4 is 46.5 Å². The van der Waals surface area contributed by atoms with E-state index in [-0.39, 0.29) is 79.3 Å². The molecule has 0 radical (unpaired) electrons. The lowest BCUT2D eigenvalue weighted by molar-refractivity contribution is -0.334. The molecule has 111 heavy (non-hydrogen) atoms. The van der Waals surface area contributed by atoms with E-state index in [0.717, 1.165) is 87.4 Å². The number of benzene rings is 5. The maximum atomic E-state index is 16.3. The molecule has 16 N–H and O–H groups in total. The van der Waals surface area contributed by atoms with Gasteiger partial charge in [-0.1, -0.05) is 114 Å². The largest absolute Gasteiger partial charge is 0.508 e. The monoisotopic (exact) mass is 1580 g/mol. The zero-order valence-electron chi connectivity index (χ0n) is 62.3. The van der Waals surface area contributed by atoms with E-state index >= 15 is 19.2 Å². The average molecular weight is 1590 g/mol. The van der Waals surface area contributed by atoms with Gasteiger partial charge in [-0.25, -0.2) is 0 Å². The minimum Gasteiger partial charge on any atom is -0.508 e. The van der Waals surface area contributed by atoms with E-state index in [1.165, 1.54) is 42.8 Å². The summed E-state index contributed by atoms with van der Waals surface area (Å²) in [6.45, 7) is 10.6. The lowest BCUT2D eigenvalue weighted by Gasteiger charge is -2.48. The van der Waals surface area contributed by atoms with Crippen LogP contribution in [0, 0.1) is 17.8 Å². The minimum atomic E-state index is -2.16.